The highest BCUT2D eigenvalue weighted by Crippen LogP contribution is 2.36. The molecule has 1 aliphatic heterocycles. The van der Waals surface area contributed by atoms with Crippen molar-refractivity contribution in [2.24, 2.45) is 11.0 Å². The van der Waals surface area contributed by atoms with E-state index in [2.05, 4.69) is 15.3 Å². The van der Waals surface area contributed by atoms with Crippen LogP contribution in [-0.2, 0) is 9.53 Å². The average Bonchev–Trinajstić information content (AvgIpc) is 2.72. The number of benzene rings is 2. The van der Waals surface area contributed by atoms with Crippen molar-refractivity contribution in [3.05, 3.63) is 63.6 Å². The van der Waals surface area contributed by atoms with Gasteiger partial charge in [-0.15, -0.1) is 0 Å². The fraction of sp³-hybridized carbons (Fsp3) is 0.286. The molecule has 1 amide bonds. The molecular weight excluding hydrogens is 453 g/mol. The first-order valence-electron chi connectivity index (χ1n) is 9.25. The second kappa shape index (κ2) is 9.62. The SMILES string of the molecule is CC1CC(=O)NN=C1c1cc(Cl)c(OCC(F)(F)COC(=O)c2ccccc2)c(Cl)c1. The van der Waals surface area contributed by atoms with Crippen LogP contribution in [-0.4, -0.2) is 36.7 Å². The summed E-state index contributed by atoms with van der Waals surface area (Å²) in [6.45, 7) is -0.440. The molecule has 1 N–H and O–H groups in total. The topological polar surface area (TPSA) is 77.0 Å². The molecule has 31 heavy (non-hydrogen) atoms. The number of ether oxygens (including phenoxy) is 2. The molecule has 3 rings (SSSR count). The number of carbonyl (C=O) groups is 2. The van der Waals surface area contributed by atoms with Crippen LogP contribution in [0.2, 0.25) is 10.0 Å². The van der Waals surface area contributed by atoms with Crippen LogP contribution >= 0.6 is 23.2 Å². The van der Waals surface area contributed by atoms with Crippen molar-refractivity contribution in [2.45, 2.75) is 19.3 Å². The van der Waals surface area contributed by atoms with E-state index in [0.29, 0.717) is 11.3 Å². The molecule has 1 unspecified atom stereocenters. The molecule has 0 spiro atoms. The minimum Gasteiger partial charge on any atom is -0.484 e. The Balaban J connectivity index is 1.64. The fourth-order valence-corrected chi connectivity index (χ4v) is 3.49. The molecule has 1 heterocycles. The number of alkyl halides is 2. The highest BCUT2D eigenvalue weighted by molar-refractivity contribution is 6.37. The number of halogens is 4. The van der Waals surface area contributed by atoms with E-state index in [1.54, 1.807) is 18.2 Å². The van der Waals surface area contributed by atoms with Crippen LogP contribution in [0.3, 0.4) is 0 Å². The summed E-state index contributed by atoms with van der Waals surface area (Å²) in [7, 11) is 0. The Bertz CT molecular complexity index is 993. The molecule has 10 heteroatoms. The van der Waals surface area contributed by atoms with Crippen molar-refractivity contribution in [1.29, 1.82) is 0 Å². The van der Waals surface area contributed by atoms with E-state index >= 15 is 0 Å². The van der Waals surface area contributed by atoms with Gasteiger partial charge in [-0.3, -0.25) is 4.79 Å². The summed E-state index contributed by atoms with van der Waals surface area (Å²) in [5, 5.41) is 4.03. The van der Waals surface area contributed by atoms with E-state index in [4.69, 9.17) is 27.9 Å². The third kappa shape index (κ3) is 5.92. The zero-order valence-corrected chi connectivity index (χ0v) is 17.8. The lowest BCUT2D eigenvalue weighted by molar-refractivity contribution is -0.121. The second-order valence-corrected chi connectivity index (χ2v) is 7.81. The average molecular weight is 471 g/mol. The summed E-state index contributed by atoms with van der Waals surface area (Å²) < 4.78 is 38.1. The van der Waals surface area contributed by atoms with Gasteiger partial charge in [0.05, 0.1) is 21.3 Å². The monoisotopic (exact) mass is 470 g/mol. The largest absolute Gasteiger partial charge is 0.484 e. The maximum Gasteiger partial charge on any atom is 0.338 e. The molecule has 1 aliphatic rings. The third-order valence-electron chi connectivity index (χ3n) is 4.41. The molecule has 2 aromatic carbocycles. The van der Waals surface area contributed by atoms with Crippen molar-refractivity contribution in [2.75, 3.05) is 13.2 Å². The van der Waals surface area contributed by atoms with Crippen molar-refractivity contribution in [3.8, 4) is 5.75 Å². The summed E-state index contributed by atoms with van der Waals surface area (Å²) in [6, 6.07) is 10.8. The quantitative estimate of drug-likeness (QED) is 0.593. The maximum atomic E-state index is 14.2. The molecule has 0 fully saturated rings. The van der Waals surface area contributed by atoms with Gasteiger partial charge in [0.1, 0.15) is 0 Å². The lowest BCUT2D eigenvalue weighted by Gasteiger charge is -2.21. The van der Waals surface area contributed by atoms with Crippen LogP contribution in [0, 0.1) is 5.92 Å². The summed E-state index contributed by atoms with van der Waals surface area (Å²) in [5.74, 6) is -4.84. The summed E-state index contributed by atoms with van der Waals surface area (Å²) >= 11 is 12.4. The highest BCUT2D eigenvalue weighted by atomic mass is 35.5. The standard InChI is InChI=1S/C21H18Cl2F2N2O4/c1-12-7-17(28)26-27-18(12)14-8-15(22)19(16(23)9-14)30-10-21(24,25)11-31-20(29)13-5-3-2-4-6-13/h2-6,8-9,12H,7,10-11H2,1H3,(H,26,28). The summed E-state index contributed by atoms with van der Waals surface area (Å²) in [4.78, 5) is 23.2. The van der Waals surface area contributed by atoms with Crippen LogP contribution in [0.4, 0.5) is 8.78 Å². The molecule has 0 saturated heterocycles. The Morgan fingerprint density at radius 1 is 1.19 bits per heavy atom. The number of nitrogens with one attached hydrogen (secondary N) is 1. The van der Waals surface area contributed by atoms with Gasteiger partial charge in [-0.25, -0.2) is 10.2 Å². The molecule has 0 aromatic heterocycles. The first kappa shape index (κ1) is 23.0. The number of hydrazone groups is 1. The summed E-state index contributed by atoms with van der Waals surface area (Å²) in [6.07, 6.45) is 0.250. The van der Waals surface area contributed by atoms with E-state index in [1.165, 1.54) is 24.3 Å². The Hall–Kier alpha value is -2.71. The molecule has 6 nitrogen and oxygen atoms in total. The van der Waals surface area contributed by atoms with Gasteiger partial charge in [0.25, 0.3) is 0 Å². The molecule has 0 saturated carbocycles. The third-order valence-corrected chi connectivity index (χ3v) is 4.97. The van der Waals surface area contributed by atoms with Crippen molar-refractivity contribution in [1.82, 2.24) is 5.43 Å². The number of amides is 1. The van der Waals surface area contributed by atoms with Gasteiger partial charge >= 0.3 is 11.9 Å². The molecule has 0 aliphatic carbocycles. The predicted molar refractivity (Wildman–Crippen MR) is 112 cm³/mol. The first-order chi connectivity index (χ1) is 14.7. The lowest BCUT2D eigenvalue weighted by Crippen LogP contribution is -2.33. The van der Waals surface area contributed by atoms with E-state index in [1.807, 2.05) is 6.92 Å². The van der Waals surface area contributed by atoms with E-state index in [9.17, 15) is 18.4 Å². The van der Waals surface area contributed by atoms with Crippen molar-refractivity contribution < 1.29 is 27.8 Å². The maximum absolute atomic E-state index is 14.2. The molecule has 2 aromatic rings. The highest BCUT2D eigenvalue weighted by Gasteiger charge is 2.33. The first-order valence-corrected chi connectivity index (χ1v) is 10.0. The van der Waals surface area contributed by atoms with Crippen molar-refractivity contribution in [3.63, 3.8) is 0 Å². The number of carbonyl (C=O) groups excluding carboxylic acids is 2. The normalized spacial score (nSPS) is 16.4. The Morgan fingerprint density at radius 2 is 1.84 bits per heavy atom. The van der Waals surface area contributed by atoms with Crippen LogP contribution < -0.4 is 10.2 Å². The predicted octanol–water partition coefficient (Wildman–Crippen LogP) is 4.72. The van der Waals surface area contributed by atoms with Gasteiger partial charge < -0.3 is 9.47 Å². The molecule has 0 bridgehead atoms. The van der Waals surface area contributed by atoms with E-state index in [0.717, 1.165) is 0 Å². The fourth-order valence-electron chi connectivity index (χ4n) is 2.90. The number of esters is 1. The van der Waals surface area contributed by atoms with E-state index in [-0.39, 0.29) is 39.6 Å². The van der Waals surface area contributed by atoms with Crippen molar-refractivity contribution >= 4 is 40.8 Å². The molecule has 0 radical (unpaired) electrons. The molecule has 164 valence electrons. The minimum absolute atomic E-state index is 0.00591. The number of hydrogen-bond donors (Lipinski definition) is 1. The van der Waals surface area contributed by atoms with Gasteiger partial charge in [-0.05, 0) is 24.3 Å². The summed E-state index contributed by atoms with van der Waals surface area (Å²) in [5.41, 5.74) is 3.65. The Labute approximate surface area is 187 Å². The van der Waals surface area contributed by atoms with Crippen LogP contribution in [0.1, 0.15) is 29.3 Å². The van der Waals surface area contributed by atoms with Gasteiger partial charge in [0.15, 0.2) is 19.0 Å². The Kier molecular flexibility index (Phi) is 7.12. The molecule has 1 atom stereocenters. The number of hydrogen-bond acceptors (Lipinski definition) is 5. The van der Waals surface area contributed by atoms with Gasteiger partial charge in [0, 0.05) is 17.9 Å². The number of rotatable bonds is 7. The number of nitrogens with zero attached hydrogens (tertiary/aromatic N) is 1. The van der Waals surface area contributed by atoms with Crippen LogP contribution in [0.15, 0.2) is 47.6 Å². The second-order valence-electron chi connectivity index (χ2n) is 6.99. The minimum atomic E-state index is -3.47. The zero-order valence-electron chi connectivity index (χ0n) is 16.3. The van der Waals surface area contributed by atoms with Gasteiger partial charge in [-0.1, -0.05) is 48.3 Å². The smallest absolute Gasteiger partial charge is 0.338 e. The molecular formula is C21H18Cl2F2N2O4. The Morgan fingerprint density at radius 3 is 2.45 bits per heavy atom. The van der Waals surface area contributed by atoms with Crippen LogP contribution in [0.5, 0.6) is 5.75 Å². The lowest BCUT2D eigenvalue weighted by atomic mass is 9.94. The van der Waals surface area contributed by atoms with E-state index < -0.39 is 25.1 Å². The zero-order chi connectivity index (χ0) is 22.6. The van der Waals surface area contributed by atoms with Crippen LogP contribution in [0.25, 0.3) is 0 Å². The van der Waals surface area contributed by atoms with Gasteiger partial charge in [-0.2, -0.15) is 13.9 Å². The van der Waals surface area contributed by atoms with Gasteiger partial charge in [0.2, 0.25) is 5.91 Å².